The van der Waals surface area contributed by atoms with Crippen LogP contribution >= 0.6 is 0 Å². The van der Waals surface area contributed by atoms with Gasteiger partial charge < -0.3 is 75.4 Å². The third-order valence-electron chi connectivity index (χ3n) is 11.0. The van der Waals surface area contributed by atoms with E-state index in [1.54, 1.807) is 10.9 Å². The highest BCUT2D eigenvalue weighted by Crippen LogP contribution is 2.33. The van der Waals surface area contributed by atoms with Crippen molar-refractivity contribution in [1.82, 2.24) is 34.3 Å². The van der Waals surface area contributed by atoms with Gasteiger partial charge in [0.15, 0.2) is 29.5 Å². The van der Waals surface area contributed by atoms with E-state index in [-0.39, 0.29) is 76.9 Å². The number of carbonyl (C=O) groups is 4. The molecule has 4 rings (SSSR count). The van der Waals surface area contributed by atoms with Gasteiger partial charge in [0, 0.05) is 50.9 Å². The number of esters is 1. The molecule has 11 N–H and O–H groups in total. The average molecular weight is 1060 g/mol. The molecule has 0 spiro atoms. The fourth-order valence-electron chi connectivity index (χ4n) is 7.08. The summed E-state index contributed by atoms with van der Waals surface area (Å²) in [6.45, 7) is 1.34. The first-order chi connectivity index (χ1) is 34.4. The van der Waals surface area contributed by atoms with Gasteiger partial charge in [-0.25, -0.2) is 37.2 Å². The lowest BCUT2D eigenvalue weighted by atomic mass is 10.0. The monoisotopic (exact) mass is 1060 g/mol. The van der Waals surface area contributed by atoms with Crippen LogP contribution < -0.4 is 5.73 Å². The molecule has 1 amide bonds. The zero-order valence-electron chi connectivity index (χ0n) is 39.6. The molecule has 73 heavy (non-hydrogen) atoms. The number of imidazole rings is 1. The number of ether oxygens (including phenoxy) is 3. The number of aliphatic carboxylic acids is 2. The number of carboxylic acid groups (broad SMARTS) is 2. The molecule has 30 heteroatoms. The Balaban J connectivity index is 0.00000126. The third-order valence-corrected chi connectivity index (χ3v) is 11.0. The van der Waals surface area contributed by atoms with Crippen molar-refractivity contribution in [2.75, 3.05) is 59.3 Å². The molecule has 1 aliphatic rings. The van der Waals surface area contributed by atoms with E-state index in [4.69, 9.17) is 45.5 Å². The molecule has 0 radical (unpaired) electrons. The number of rotatable bonds is 30. The Morgan fingerprint density at radius 3 is 2.07 bits per heavy atom. The number of nitrogens with two attached hydrogens (primary N) is 1. The number of halogens is 6. The van der Waals surface area contributed by atoms with Crippen LogP contribution in [-0.2, 0) is 67.4 Å². The summed E-state index contributed by atoms with van der Waals surface area (Å²) in [5.41, 5.74) is 5.43. The summed E-state index contributed by atoms with van der Waals surface area (Å²) >= 11 is 0. The van der Waals surface area contributed by atoms with Crippen LogP contribution in [0.15, 0.2) is 18.3 Å². The number of hydrogen-bond acceptors (Lipinski definition) is 19. The second-order valence-electron chi connectivity index (χ2n) is 16.7. The van der Waals surface area contributed by atoms with E-state index in [9.17, 15) is 65.9 Å². The van der Waals surface area contributed by atoms with Crippen molar-refractivity contribution in [1.29, 1.82) is 0 Å². The summed E-state index contributed by atoms with van der Waals surface area (Å²) in [6.07, 6.45) is -11.2. The molecule has 0 bridgehead atoms. The maximum atomic E-state index is 14.1. The van der Waals surface area contributed by atoms with Gasteiger partial charge in [-0.05, 0) is 31.0 Å². The van der Waals surface area contributed by atoms with Crippen molar-refractivity contribution in [2.45, 2.75) is 120 Å². The number of carboxylic acids is 2. The normalized spacial score (nSPS) is 15.6. The van der Waals surface area contributed by atoms with Gasteiger partial charge in [0.05, 0.1) is 63.6 Å². The molecule has 3 heterocycles. The number of fused-ring (bicyclic) bond motifs is 1. The van der Waals surface area contributed by atoms with E-state index in [0.29, 0.717) is 30.9 Å². The van der Waals surface area contributed by atoms with Gasteiger partial charge in [-0.15, -0.1) is 5.10 Å². The number of unbranched alkanes of at least 4 members (excludes halogenated alkanes) is 3. The van der Waals surface area contributed by atoms with Gasteiger partial charge in [-0.2, -0.15) is 13.2 Å². The molecule has 1 aliphatic heterocycles. The number of alkyl halides is 3. The third kappa shape index (κ3) is 19.8. The highest BCUT2D eigenvalue weighted by Gasteiger charge is 2.42. The summed E-state index contributed by atoms with van der Waals surface area (Å²) in [6, 6.07) is -0.0580. The second-order valence-corrected chi connectivity index (χ2v) is 16.7. The van der Waals surface area contributed by atoms with E-state index < -0.39 is 121 Å². The molecule has 0 saturated heterocycles. The van der Waals surface area contributed by atoms with E-state index >= 15 is 0 Å². The first kappa shape index (κ1) is 61.9. The number of aliphatic hydroxyl groups is 7. The Labute approximate surface area is 413 Å². The van der Waals surface area contributed by atoms with Crippen molar-refractivity contribution < 1.29 is 106 Å². The molecule has 3 aromatic rings. The summed E-state index contributed by atoms with van der Waals surface area (Å²) in [4.78, 5) is 52.1. The Hall–Kier alpha value is -5.41. The molecule has 0 aliphatic carbocycles. The Kier molecular flexibility index (Phi) is 25.5. The summed E-state index contributed by atoms with van der Waals surface area (Å²) in [5.74, 6) is -10.4. The minimum atomic E-state index is -4.93. The van der Waals surface area contributed by atoms with Gasteiger partial charge in [-0.3, -0.25) is 9.69 Å². The molecule has 2 aromatic heterocycles. The molecular formula is C43H62F6N8O16. The van der Waals surface area contributed by atoms with Crippen LogP contribution in [-0.4, -0.2) is 206 Å². The molecule has 0 saturated carbocycles. The highest BCUT2D eigenvalue weighted by atomic mass is 19.4. The van der Waals surface area contributed by atoms with Gasteiger partial charge >= 0.3 is 24.1 Å². The van der Waals surface area contributed by atoms with E-state index in [1.807, 2.05) is 4.90 Å². The van der Waals surface area contributed by atoms with Crippen LogP contribution in [0.2, 0.25) is 0 Å². The van der Waals surface area contributed by atoms with Crippen molar-refractivity contribution in [2.24, 2.45) is 5.73 Å². The Morgan fingerprint density at radius 1 is 0.836 bits per heavy atom. The highest BCUT2D eigenvalue weighted by molar-refractivity contribution is 5.89. The minimum Gasteiger partial charge on any atom is -0.479 e. The van der Waals surface area contributed by atoms with Crippen molar-refractivity contribution in [3.05, 3.63) is 64.3 Å². The molecule has 1 aromatic carbocycles. The minimum absolute atomic E-state index is 0.0422. The van der Waals surface area contributed by atoms with Gasteiger partial charge in [0.1, 0.15) is 30.7 Å². The number of benzene rings is 1. The van der Waals surface area contributed by atoms with Gasteiger partial charge in [0.2, 0.25) is 11.7 Å². The standard InChI is InChI=1S/C39H56F6N8O10.C4H6O6/c1-2-3-4-5-6-50(22-31(55)35(58)36(59)32(56)23-54)19-26-20-52(49-48-26)9-10-61-11-12-62-13-14-63-37(60)34-30-21-51(7-8-53(30)38(47-34)39(43,44)45)33(57)17-25(46)15-24-16-28(41)29(42)18-27(24)40;5-1(3(7)8)2(6)4(9)10/h16,18,20,25,31-32,35-36,54-56,58-59H,2-15,17,19,21-23,46H2,1H3;1-2,5-6H,(H,7,8)(H,9,10). The smallest absolute Gasteiger partial charge is 0.449 e. The largest absolute Gasteiger partial charge is 0.479 e. The number of nitrogens with zero attached hydrogens (tertiary/aromatic N) is 7. The first-order valence-electron chi connectivity index (χ1n) is 22.8. The van der Waals surface area contributed by atoms with Crippen molar-refractivity contribution >= 4 is 23.8 Å². The average Bonchev–Trinajstić information content (AvgIpc) is 3.97. The van der Waals surface area contributed by atoms with Crippen LogP contribution in [0.3, 0.4) is 0 Å². The first-order valence-corrected chi connectivity index (χ1v) is 22.8. The zero-order valence-corrected chi connectivity index (χ0v) is 39.6. The van der Waals surface area contributed by atoms with E-state index in [2.05, 4.69) is 22.2 Å². The topological polar surface area (TPSA) is 359 Å². The molecular weight excluding hydrogens is 999 g/mol. The molecule has 412 valence electrons. The van der Waals surface area contributed by atoms with Crippen LogP contribution in [0.4, 0.5) is 26.3 Å². The predicted molar refractivity (Wildman–Crippen MR) is 235 cm³/mol. The Morgan fingerprint density at radius 2 is 1.45 bits per heavy atom. The molecule has 0 fully saturated rings. The lowest BCUT2D eigenvalue weighted by Crippen LogP contribution is -2.49. The number of aromatic nitrogens is 5. The van der Waals surface area contributed by atoms with E-state index in [1.165, 1.54) is 0 Å². The Bertz CT molecular complexity index is 2210. The number of carbonyl (C=O) groups excluding carboxylic acids is 2. The molecule has 24 nitrogen and oxygen atoms in total. The van der Waals surface area contributed by atoms with Crippen molar-refractivity contribution in [3.63, 3.8) is 0 Å². The van der Waals surface area contributed by atoms with Crippen LogP contribution in [0, 0.1) is 17.5 Å². The quantitative estimate of drug-likeness (QED) is 0.0162. The summed E-state index contributed by atoms with van der Waals surface area (Å²) in [5, 5.41) is 90.3. The fourth-order valence-corrected chi connectivity index (χ4v) is 7.08. The summed E-state index contributed by atoms with van der Waals surface area (Å²) < 4.78 is 101. The van der Waals surface area contributed by atoms with Gasteiger partial charge in [-0.1, -0.05) is 31.4 Å². The lowest BCUT2D eigenvalue weighted by Gasteiger charge is -2.30. The fraction of sp³-hybridized carbons (Fsp3) is 0.651. The predicted octanol–water partition coefficient (Wildman–Crippen LogP) is -1.20. The SMILES string of the molecule is CCCCCCN(Cc1cn(CCOCCOCCOC(=O)c2nc(C(F)(F)F)n3c2CN(C(=O)CC(N)Cc2cc(F)c(F)cc2F)CC3)nn1)CC(O)C(O)C(O)C(O)CO.O=C(O)C(O)C(O)C(=O)O. The lowest BCUT2D eigenvalue weighted by molar-refractivity contribution is -0.165. The number of hydrogen-bond donors (Lipinski definition) is 10. The number of aliphatic hydroxyl groups excluding tert-OH is 7. The molecule has 7 atom stereocenters. The molecule has 7 unspecified atom stereocenters. The maximum absolute atomic E-state index is 14.1. The zero-order chi connectivity index (χ0) is 54.6. The van der Waals surface area contributed by atoms with Crippen molar-refractivity contribution in [3.8, 4) is 0 Å². The summed E-state index contributed by atoms with van der Waals surface area (Å²) in [7, 11) is 0. The number of amides is 1. The van der Waals surface area contributed by atoms with Crippen LogP contribution in [0.25, 0.3) is 0 Å². The van der Waals surface area contributed by atoms with Gasteiger partial charge in [0.25, 0.3) is 0 Å². The second kappa shape index (κ2) is 30.1. The van der Waals surface area contributed by atoms with Crippen LogP contribution in [0.5, 0.6) is 0 Å². The van der Waals surface area contributed by atoms with Crippen LogP contribution in [0.1, 0.15) is 72.3 Å². The maximum Gasteiger partial charge on any atom is 0.449 e. The van der Waals surface area contributed by atoms with E-state index in [0.717, 1.165) is 35.2 Å².